The van der Waals surface area contributed by atoms with Gasteiger partial charge in [0.2, 0.25) is 0 Å². The second kappa shape index (κ2) is 6.09. The smallest absolute Gasteiger partial charge is 0.355 e. The van der Waals surface area contributed by atoms with Crippen molar-refractivity contribution in [2.45, 2.75) is 24.4 Å². The van der Waals surface area contributed by atoms with E-state index in [2.05, 4.69) is 4.98 Å². The van der Waals surface area contributed by atoms with Gasteiger partial charge in [0.05, 0.1) is 23.4 Å². The van der Waals surface area contributed by atoms with Crippen molar-refractivity contribution in [1.29, 1.82) is 5.26 Å². The number of pyridine rings is 1. The topological polar surface area (TPSA) is 66.1 Å². The molecule has 0 aliphatic heterocycles. The molecule has 0 radical (unpaired) electrons. The maximum absolute atomic E-state index is 13.8. The summed E-state index contributed by atoms with van der Waals surface area (Å²) in [4.78, 5) is 3.06. The largest absolute Gasteiger partial charge is 0.455 e. The second-order valence-corrected chi connectivity index (χ2v) is 5.59. The maximum atomic E-state index is 13.8. The molecule has 11 heteroatoms. The molecule has 0 saturated heterocycles. The van der Waals surface area contributed by atoms with Crippen LogP contribution in [0.15, 0.2) is 24.4 Å². The van der Waals surface area contributed by atoms with Gasteiger partial charge in [0.15, 0.2) is 11.9 Å². The maximum Gasteiger partial charge on any atom is 0.355 e. The minimum absolute atomic E-state index is 0.240. The van der Waals surface area contributed by atoms with Gasteiger partial charge in [-0.05, 0) is 12.1 Å². The molecule has 0 bridgehead atoms. The molecular formula is C16H7F7N2O2. The first-order chi connectivity index (χ1) is 12.5. The first kappa shape index (κ1) is 18.9. The predicted molar refractivity (Wildman–Crippen MR) is 74.2 cm³/mol. The van der Waals surface area contributed by atoms with Gasteiger partial charge in [-0.15, -0.1) is 0 Å². The Morgan fingerprint density at radius 1 is 1.19 bits per heavy atom. The molecule has 0 spiro atoms. The average Bonchev–Trinajstić information content (AvgIpc) is 2.71. The molecule has 1 N–H and O–H groups in total. The van der Waals surface area contributed by atoms with Crippen LogP contribution in [0.4, 0.5) is 30.7 Å². The summed E-state index contributed by atoms with van der Waals surface area (Å²) in [7, 11) is 0. The molecule has 1 atom stereocenters. The van der Waals surface area contributed by atoms with E-state index in [1.54, 1.807) is 6.07 Å². The summed E-state index contributed by atoms with van der Waals surface area (Å²) >= 11 is 0. The van der Waals surface area contributed by atoms with E-state index in [0.717, 1.165) is 12.1 Å². The summed E-state index contributed by atoms with van der Waals surface area (Å²) in [5, 5.41) is 18.3. The number of hydrogen-bond donors (Lipinski definition) is 1. The summed E-state index contributed by atoms with van der Waals surface area (Å²) in [5.74, 6) is -12.4. The lowest BCUT2D eigenvalue weighted by Gasteiger charge is -2.20. The highest BCUT2D eigenvalue weighted by atomic mass is 19.3. The fourth-order valence-electron chi connectivity index (χ4n) is 2.68. The number of alkyl halides is 6. The summed E-state index contributed by atoms with van der Waals surface area (Å²) < 4.78 is 100. The van der Waals surface area contributed by atoms with Crippen LogP contribution in [0.5, 0.6) is 11.5 Å². The third-order valence-electron chi connectivity index (χ3n) is 3.90. The highest BCUT2D eigenvalue weighted by molar-refractivity contribution is 5.51. The molecule has 4 nitrogen and oxygen atoms in total. The minimum atomic E-state index is -5.06. The number of fused-ring (bicyclic) bond motifs is 1. The Labute approximate surface area is 146 Å². The number of aromatic nitrogens is 1. The van der Waals surface area contributed by atoms with E-state index in [9.17, 15) is 35.8 Å². The van der Waals surface area contributed by atoms with Crippen molar-refractivity contribution in [3.05, 3.63) is 52.6 Å². The van der Waals surface area contributed by atoms with E-state index in [4.69, 9.17) is 10.00 Å². The number of aliphatic hydroxyl groups is 1. The van der Waals surface area contributed by atoms with Crippen molar-refractivity contribution < 1.29 is 40.6 Å². The Hall–Kier alpha value is -2.87. The molecule has 2 aromatic rings. The molecule has 0 unspecified atom stereocenters. The molecule has 1 aromatic carbocycles. The van der Waals surface area contributed by atoms with E-state index >= 15 is 0 Å². The predicted octanol–water partition coefficient (Wildman–Crippen LogP) is 4.60. The lowest BCUT2D eigenvalue weighted by Crippen LogP contribution is -2.36. The molecule has 27 heavy (non-hydrogen) atoms. The zero-order valence-corrected chi connectivity index (χ0v) is 12.9. The SMILES string of the molecule is N#Cc1cc(F)cc(Oc2cnc3c(c2C(F)F)[C@@H](O)C(F)(F)C3(F)F)c1. The molecule has 142 valence electrons. The number of halogens is 7. The van der Waals surface area contributed by atoms with Gasteiger partial charge in [-0.2, -0.15) is 22.8 Å². The van der Waals surface area contributed by atoms with Gasteiger partial charge in [-0.3, -0.25) is 4.98 Å². The normalized spacial score (nSPS) is 19.6. The Morgan fingerprint density at radius 2 is 1.85 bits per heavy atom. The first-order valence-electron chi connectivity index (χ1n) is 7.14. The zero-order chi connectivity index (χ0) is 20.1. The second-order valence-electron chi connectivity index (χ2n) is 5.59. The molecule has 0 fully saturated rings. The molecule has 0 saturated carbocycles. The third kappa shape index (κ3) is 2.76. The van der Waals surface area contributed by atoms with Crippen LogP contribution in [0.2, 0.25) is 0 Å². The summed E-state index contributed by atoms with van der Waals surface area (Å²) in [6, 6.07) is 4.04. The lowest BCUT2D eigenvalue weighted by atomic mass is 10.0. The zero-order valence-electron chi connectivity index (χ0n) is 12.9. The number of rotatable bonds is 3. The number of nitrogens with zero attached hydrogens (tertiary/aromatic N) is 2. The van der Waals surface area contributed by atoms with Gasteiger partial charge in [0.25, 0.3) is 6.43 Å². The monoisotopic (exact) mass is 392 g/mol. The summed E-state index contributed by atoms with van der Waals surface area (Å²) in [6.45, 7) is 0. The standard InChI is InChI=1S/C16H7F7N2O2/c17-7-1-6(4-24)2-8(3-7)27-9-5-25-12-11(10(9)14(18)19)13(26)16(22,23)15(12,20)21/h1-3,5,13-14,26H/t13-/m1/s1. The molecular weight excluding hydrogens is 385 g/mol. The van der Waals surface area contributed by atoms with Crippen LogP contribution in [0.3, 0.4) is 0 Å². The van der Waals surface area contributed by atoms with Crippen LogP contribution in [0.1, 0.15) is 34.9 Å². The van der Waals surface area contributed by atoms with Crippen LogP contribution < -0.4 is 4.74 Å². The molecule has 1 heterocycles. The van der Waals surface area contributed by atoms with Crippen molar-refractivity contribution in [2.24, 2.45) is 0 Å². The lowest BCUT2D eigenvalue weighted by molar-refractivity contribution is -0.247. The van der Waals surface area contributed by atoms with Crippen molar-refractivity contribution >= 4 is 0 Å². The third-order valence-corrected chi connectivity index (χ3v) is 3.90. The molecule has 1 aliphatic carbocycles. The minimum Gasteiger partial charge on any atom is -0.455 e. The fourth-order valence-corrected chi connectivity index (χ4v) is 2.68. The van der Waals surface area contributed by atoms with Crippen molar-refractivity contribution in [3.8, 4) is 17.6 Å². The highest BCUT2D eigenvalue weighted by Gasteiger charge is 2.70. The van der Waals surface area contributed by atoms with Gasteiger partial charge in [-0.1, -0.05) is 0 Å². The van der Waals surface area contributed by atoms with Gasteiger partial charge in [0, 0.05) is 11.6 Å². The van der Waals surface area contributed by atoms with Crippen molar-refractivity contribution in [1.82, 2.24) is 4.98 Å². The van der Waals surface area contributed by atoms with E-state index < -0.39 is 58.5 Å². The summed E-state index contributed by atoms with van der Waals surface area (Å²) in [5.41, 5.74) is -4.81. The van der Waals surface area contributed by atoms with Gasteiger partial charge < -0.3 is 9.84 Å². The molecule has 3 rings (SSSR count). The van der Waals surface area contributed by atoms with E-state index in [-0.39, 0.29) is 5.56 Å². The first-order valence-corrected chi connectivity index (χ1v) is 7.14. The number of hydrogen-bond acceptors (Lipinski definition) is 4. The van der Waals surface area contributed by atoms with Gasteiger partial charge in [-0.25, -0.2) is 13.2 Å². The average molecular weight is 392 g/mol. The fraction of sp³-hybridized carbons (Fsp3) is 0.250. The molecule has 1 aromatic heterocycles. The van der Waals surface area contributed by atoms with E-state index in [0.29, 0.717) is 12.3 Å². The van der Waals surface area contributed by atoms with Crippen LogP contribution in [0.25, 0.3) is 0 Å². The Kier molecular flexibility index (Phi) is 4.26. The van der Waals surface area contributed by atoms with Crippen LogP contribution in [0, 0.1) is 17.1 Å². The van der Waals surface area contributed by atoms with Gasteiger partial charge in [0.1, 0.15) is 17.3 Å². The van der Waals surface area contributed by atoms with Crippen molar-refractivity contribution in [3.63, 3.8) is 0 Å². The van der Waals surface area contributed by atoms with Crippen LogP contribution in [-0.4, -0.2) is 16.0 Å². The molecule has 0 amide bonds. The number of aliphatic hydroxyl groups excluding tert-OH is 1. The highest BCUT2D eigenvalue weighted by Crippen LogP contribution is 2.59. The number of nitriles is 1. The quantitative estimate of drug-likeness (QED) is 0.776. The Balaban J connectivity index is 2.17. The van der Waals surface area contributed by atoms with Crippen molar-refractivity contribution in [2.75, 3.05) is 0 Å². The number of benzene rings is 1. The van der Waals surface area contributed by atoms with Crippen LogP contribution in [-0.2, 0) is 5.92 Å². The molecule has 1 aliphatic rings. The van der Waals surface area contributed by atoms with E-state index in [1.165, 1.54) is 0 Å². The summed E-state index contributed by atoms with van der Waals surface area (Å²) in [6.07, 6.45) is -6.50. The van der Waals surface area contributed by atoms with Crippen LogP contribution >= 0.6 is 0 Å². The van der Waals surface area contributed by atoms with E-state index in [1.807, 2.05) is 0 Å². The number of ether oxygens (including phenoxy) is 1. The Morgan fingerprint density at radius 3 is 2.44 bits per heavy atom. The Bertz CT molecular complexity index is 957. The van der Waals surface area contributed by atoms with Gasteiger partial charge >= 0.3 is 11.8 Å².